The van der Waals surface area contributed by atoms with E-state index in [-0.39, 0.29) is 0 Å². The molecule has 1 N–H and O–H groups in total. The van der Waals surface area contributed by atoms with Crippen LogP contribution in [0, 0.1) is 18.3 Å². The van der Waals surface area contributed by atoms with E-state index in [1.54, 1.807) is 0 Å². The van der Waals surface area contributed by atoms with Crippen molar-refractivity contribution in [3.8, 4) is 0 Å². The summed E-state index contributed by atoms with van der Waals surface area (Å²) in [7, 11) is 1.93. The monoisotopic (exact) mass is 257 g/mol. The Balaban J connectivity index is 2.57. The van der Waals surface area contributed by atoms with Crippen molar-refractivity contribution in [1.82, 2.24) is 15.1 Å². The van der Waals surface area contributed by atoms with Gasteiger partial charge in [0.2, 0.25) is 0 Å². The van der Waals surface area contributed by atoms with Crippen molar-refractivity contribution in [2.75, 3.05) is 6.54 Å². The third kappa shape index (κ3) is 3.46. The molecule has 3 nitrogen and oxygen atoms in total. The van der Waals surface area contributed by atoms with Gasteiger partial charge < -0.3 is 5.32 Å². The van der Waals surface area contributed by atoms with Crippen molar-refractivity contribution >= 4 is 11.6 Å². The predicted octanol–water partition coefficient (Wildman–Crippen LogP) is 3.15. The van der Waals surface area contributed by atoms with E-state index < -0.39 is 0 Å². The summed E-state index contributed by atoms with van der Waals surface area (Å²) in [5.41, 5.74) is 2.25. The van der Waals surface area contributed by atoms with E-state index >= 15 is 0 Å². The molecule has 1 aromatic heterocycles. The Labute approximate surface area is 110 Å². The van der Waals surface area contributed by atoms with Gasteiger partial charge in [-0.15, -0.1) is 0 Å². The lowest BCUT2D eigenvalue weighted by Gasteiger charge is -2.29. The molecule has 0 unspecified atom stereocenters. The quantitative estimate of drug-likeness (QED) is 0.878. The molecule has 0 aliphatic carbocycles. The van der Waals surface area contributed by atoms with Crippen LogP contribution in [0.4, 0.5) is 0 Å². The standard InChI is InChI=1S/C13H24ClN3/c1-9(2)13(4,5)8-15-7-11-12(14)10(3)16-17(11)6/h9,15H,7-8H2,1-6H3. The molecule has 0 spiro atoms. The van der Waals surface area contributed by atoms with Gasteiger partial charge in [-0.2, -0.15) is 5.10 Å². The Hall–Kier alpha value is -0.540. The molecular weight excluding hydrogens is 234 g/mol. The number of aryl methyl sites for hydroxylation is 2. The topological polar surface area (TPSA) is 29.9 Å². The Morgan fingerprint density at radius 1 is 1.41 bits per heavy atom. The van der Waals surface area contributed by atoms with Crippen LogP contribution in [0.5, 0.6) is 0 Å². The highest BCUT2D eigenvalue weighted by Gasteiger charge is 2.22. The molecule has 1 aromatic rings. The first-order valence-electron chi connectivity index (χ1n) is 6.14. The van der Waals surface area contributed by atoms with Gasteiger partial charge in [-0.05, 0) is 18.3 Å². The fourth-order valence-corrected chi connectivity index (χ4v) is 1.81. The summed E-state index contributed by atoms with van der Waals surface area (Å²) in [5.74, 6) is 0.652. The Morgan fingerprint density at radius 2 is 2.00 bits per heavy atom. The molecule has 17 heavy (non-hydrogen) atoms. The minimum Gasteiger partial charge on any atom is -0.311 e. The van der Waals surface area contributed by atoms with Crippen molar-refractivity contribution in [2.24, 2.45) is 18.4 Å². The first-order valence-corrected chi connectivity index (χ1v) is 6.52. The van der Waals surface area contributed by atoms with Gasteiger partial charge in [0.1, 0.15) is 0 Å². The van der Waals surface area contributed by atoms with Crippen LogP contribution in [0.1, 0.15) is 39.1 Å². The maximum Gasteiger partial charge on any atom is 0.0860 e. The van der Waals surface area contributed by atoms with E-state index in [9.17, 15) is 0 Å². The third-order valence-corrected chi connectivity index (χ3v) is 4.19. The second-order valence-corrected chi connectivity index (χ2v) is 6.09. The predicted molar refractivity (Wildman–Crippen MR) is 73.3 cm³/mol. The molecular formula is C13H24ClN3. The van der Waals surface area contributed by atoms with Gasteiger partial charge in [-0.25, -0.2) is 0 Å². The first kappa shape index (κ1) is 14.5. The summed E-state index contributed by atoms with van der Waals surface area (Å²) < 4.78 is 1.85. The molecule has 0 amide bonds. The fourth-order valence-electron chi connectivity index (χ4n) is 1.58. The lowest BCUT2D eigenvalue weighted by atomic mass is 9.81. The first-order chi connectivity index (χ1) is 7.75. The zero-order valence-electron chi connectivity index (χ0n) is 11.8. The number of hydrogen-bond acceptors (Lipinski definition) is 2. The van der Waals surface area contributed by atoms with Crippen LogP contribution in [0.25, 0.3) is 0 Å². The number of rotatable bonds is 5. The van der Waals surface area contributed by atoms with Gasteiger partial charge in [-0.1, -0.05) is 39.3 Å². The zero-order chi connectivity index (χ0) is 13.2. The van der Waals surface area contributed by atoms with Crippen molar-refractivity contribution < 1.29 is 0 Å². The summed E-state index contributed by atoms with van der Waals surface area (Å²) in [6, 6.07) is 0. The maximum atomic E-state index is 6.20. The molecule has 4 heteroatoms. The van der Waals surface area contributed by atoms with Crippen LogP contribution in [0.2, 0.25) is 5.02 Å². The average Bonchev–Trinajstić information content (AvgIpc) is 2.44. The van der Waals surface area contributed by atoms with Crippen LogP contribution in [0.3, 0.4) is 0 Å². The van der Waals surface area contributed by atoms with Crippen LogP contribution in [-0.4, -0.2) is 16.3 Å². The smallest absolute Gasteiger partial charge is 0.0860 e. The summed E-state index contributed by atoms with van der Waals surface area (Å²) in [6.07, 6.45) is 0. The van der Waals surface area contributed by atoms with Gasteiger partial charge in [0.25, 0.3) is 0 Å². The Morgan fingerprint density at radius 3 is 2.41 bits per heavy atom. The van der Waals surface area contributed by atoms with E-state index in [0.717, 1.165) is 29.5 Å². The third-order valence-electron chi connectivity index (χ3n) is 3.70. The van der Waals surface area contributed by atoms with Gasteiger partial charge >= 0.3 is 0 Å². The second-order valence-electron chi connectivity index (χ2n) is 5.72. The van der Waals surface area contributed by atoms with Gasteiger partial charge in [0, 0.05) is 20.1 Å². The maximum absolute atomic E-state index is 6.20. The van der Waals surface area contributed by atoms with E-state index in [1.807, 2.05) is 18.7 Å². The van der Waals surface area contributed by atoms with Crippen LogP contribution in [0.15, 0.2) is 0 Å². The minimum atomic E-state index is 0.292. The molecule has 1 rings (SSSR count). The fraction of sp³-hybridized carbons (Fsp3) is 0.769. The largest absolute Gasteiger partial charge is 0.311 e. The van der Waals surface area contributed by atoms with E-state index in [1.165, 1.54) is 0 Å². The molecule has 0 saturated heterocycles. The molecule has 0 atom stereocenters. The van der Waals surface area contributed by atoms with Crippen molar-refractivity contribution in [3.05, 3.63) is 16.4 Å². The summed E-state index contributed by atoms with van der Waals surface area (Å²) in [6.45, 7) is 12.7. The average molecular weight is 258 g/mol. The molecule has 98 valence electrons. The molecule has 1 heterocycles. The van der Waals surface area contributed by atoms with Crippen LogP contribution >= 0.6 is 11.6 Å². The number of nitrogens with zero attached hydrogens (tertiary/aromatic N) is 2. The SMILES string of the molecule is Cc1nn(C)c(CNCC(C)(C)C(C)C)c1Cl. The highest BCUT2D eigenvalue weighted by atomic mass is 35.5. The van der Waals surface area contributed by atoms with E-state index in [4.69, 9.17) is 11.6 Å². The molecule has 0 saturated carbocycles. The van der Waals surface area contributed by atoms with Crippen molar-refractivity contribution in [1.29, 1.82) is 0 Å². The van der Waals surface area contributed by atoms with E-state index in [0.29, 0.717) is 11.3 Å². The Kier molecular flexibility index (Phi) is 4.62. The van der Waals surface area contributed by atoms with Crippen LogP contribution in [-0.2, 0) is 13.6 Å². The van der Waals surface area contributed by atoms with Gasteiger partial charge in [-0.3, -0.25) is 4.68 Å². The van der Waals surface area contributed by atoms with Gasteiger partial charge in [0.05, 0.1) is 16.4 Å². The second kappa shape index (κ2) is 5.40. The summed E-state index contributed by atoms with van der Waals surface area (Å²) in [4.78, 5) is 0. The van der Waals surface area contributed by atoms with E-state index in [2.05, 4.69) is 38.1 Å². The van der Waals surface area contributed by atoms with Crippen molar-refractivity contribution in [2.45, 2.75) is 41.2 Å². The molecule has 0 fully saturated rings. The lowest BCUT2D eigenvalue weighted by Crippen LogP contribution is -2.33. The number of halogens is 1. The normalized spacial score (nSPS) is 12.5. The summed E-state index contributed by atoms with van der Waals surface area (Å²) >= 11 is 6.20. The van der Waals surface area contributed by atoms with Gasteiger partial charge in [0.15, 0.2) is 0 Å². The molecule has 0 radical (unpaired) electrons. The molecule has 0 aliphatic rings. The summed E-state index contributed by atoms with van der Waals surface area (Å²) in [5, 5.41) is 8.56. The molecule has 0 bridgehead atoms. The number of aromatic nitrogens is 2. The number of nitrogens with one attached hydrogen (secondary N) is 1. The lowest BCUT2D eigenvalue weighted by molar-refractivity contribution is 0.237. The number of hydrogen-bond donors (Lipinski definition) is 1. The highest BCUT2D eigenvalue weighted by Crippen LogP contribution is 2.25. The molecule has 0 aliphatic heterocycles. The molecule has 0 aromatic carbocycles. The minimum absolute atomic E-state index is 0.292. The van der Waals surface area contributed by atoms with Crippen molar-refractivity contribution in [3.63, 3.8) is 0 Å². The van der Waals surface area contributed by atoms with Crippen LogP contribution < -0.4 is 5.32 Å². The Bertz CT molecular complexity index is 380. The zero-order valence-corrected chi connectivity index (χ0v) is 12.5. The highest BCUT2D eigenvalue weighted by molar-refractivity contribution is 6.31.